The van der Waals surface area contributed by atoms with Gasteiger partial charge in [0.1, 0.15) is 18.3 Å². The summed E-state index contributed by atoms with van der Waals surface area (Å²) in [6.07, 6.45) is 0.241. The number of aryl methyl sites for hydroxylation is 1. The number of methoxy groups -OCH3 is 1. The quantitative estimate of drug-likeness (QED) is 0.219. The average molecular weight is 614 g/mol. The number of nitrogens with one attached hydrogen (secondary N) is 1. The summed E-state index contributed by atoms with van der Waals surface area (Å²) in [5.41, 5.74) is 2.68. The van der Waals surface area contributed by atoms with Gasteiger partial charge in [-0.2, -0.15) is 0 Å². The van der Waals surface area contributed by atoms with E-state index in [0.29, 0.717) is 17.0 Å². The maximum absolute atomic E-state index is 14.5. The number of nitrogens with zero attached hydrogens (tertiary/aromatic N) is 2. The topological polar surface area (TPSA) is 96.0 Å². The highest BCUT2D eigenvalue weighted by Gasteiger charge is 2.35. The standard InChI is InChI=1S/C35H39N3O5S/c1-26(2)36-35(40)33(23-28-15-7-5-8-16-28)37(24-29-17-13-18-30(22-29)43-4)34(39)25-38(32-21-12-11-14-27(32)3)44(41,42)31-19-9-6-10-20-31/h5-22,26,33H,23-25H2,1-4H3,(H,36,40)/t33-/m0/s1. The Morgan fingerprint density at radius 1 is 0.818 bits per heavy atom. The first-order valence-corrected chi connectivity index (χ1v) is 15.9. The third kappa shape index (κ3) is 8.05. The van der Waals surface area contributed by atoms with Crippen LogP contribution < -0.4 is 14.4 Å². The summed E-state index contributed by atoms with van der Waals surface area (Å²) in [7, 11) is -2.59. The predicted molar refractivity (Wildman–Crippen MR) is 173 cm³/mol. The highest BCUT2D eigenvalue weighted by molar-refractivity contribution is 7.92. The summed E-state index contributed by atoms with van der Waals surface area (Å²) >= 11 is 0. The molecule has 0 saturated heterocycles. The van der Waals surface area contributed by atoms with Crippen molar-refractivity contribution in [2.24, 2.45) is 0 Å². The Kier molecular flexibility index (Phi) is 10.8. The minimum absolute atomic E-state index is 0.0616. The fourth-order valence-corrected chi connectivity index (χ4v) is 6.48. The molecule has 4 aromatic rings. The molecular formula is C35H39N3O5S. The number of hydrogen-bond donors (Lipinski definition) is 1. The molecule has 0 aliphatic carbocycles. The van der Waals surface area contributed by atoms with Crippen molar-refractivity contribution in [1.29, 1.82) is 0 Å². The molecule has 230 valence electrons. The number of rotatable bonds is 13. The second-order valence-corrected chi connectivity index (χ2v) is 12.7. The van der Waals surface area contributed by atoms with E-state index in [2.05, 4.69) is 5.32 Å². The molecule has 0 aliphatic heterocycles. The first-order chi connectivity index (χ1) is 21.1. The van der Waals surface area contributed by atoms with Crippen molar-refractivity contribution in [3.8, 4) is 5.75 Å². The van der Waals surface area contributed by atoms with Crippen LogP contribution in [-0.2, 0) is 32.6 Å². The van der Waals surface area contributed by atoms with Crippen LogP contribution in [0.3, 0.4) is 0 Å². The maximum atomic E-state index is 14.5. The van der Waals surface area contributed by atoms with Crippen molar-refractivity contribution < 1.29 is 22.7 Å². The summed E-state index contributed by atoms with van der Waals surface area (Å²) in [5.74, 6) is -0.238. The van der Waals surface area contributed by atoms with Crippen LogP contribution in [0.5, 0.6) is 5.75 Å². The second-order valence-electron chi connectivity index (χ2n) is 10.9. The van der Waals surface area contributed by atoms with Gasteiger partial charge in [0.2, 0.25) is 11.8 Å². The van der Waals surface area contributed by atoms with Crippen molar-refractivity contribution in [2.45, 2.75) is 50.7 Å². The monoisotopic (exact) mass is 613 g/mol. The van der Waals surface area contributed by atoms with E-state index in [0.717, 1.165) is 15.4 Å². The van der Waals surface area contributed by atoms with E-state index >= 15 is 0 Å². The third-order valence-electron chi connectivity index (χ3n) is 7.18. The van der Waals surface area contributed by atoms with Crippen LogP contribution in [0.1, 0.15) is 30.5 Å². The van der Waals surface area contributed by atoms with Gasteiger partial charge in [0.05, 0.1) is 17.7 Å². The lowest BCUT2D eigenvalue weighted by Crippen LogP contribution is -2.54. The minimum Gasteiger partial charge on any atom is -0.497 e. The van der Waals surface area contributed by atoms with Gasteiger partial charge in [-0.05, 0) is 67.8 Å². The normalized spacial score (nSPS) is 11.9. The van der Waals surface area contributed by atoms with Crippen LogP contribution in [0.25, 0.3) is 0 Å². The maximum Gasteiger partial charge on any atom is 0.264 e. The van der Waals surface area contributed by atoms with Gasteiger partial charge in [-0.15, -0.1) is 0 Å². The number of anilines is 1. The Labute approximate surface area is 260 Å². The summed E-state index contributed by atoms with van der Waals surface area (Å²) < 4.78 is 34.7. The minimum atomic E-state index is -4.15. The Balaban J connectivity index is 1.82. The molecule has 1 N–H and O–H groups in total. The fraction of sp³-hybridized carbons (Fsp3) is 0.257. The van der Waals surface area contributed by atoms with Crippen LogP contribution in [0.4, 0.5) is 5.69 Å². The lowest BCUT2D eigenvalue weighted by Gasteiger charge is -2.34. The number of benzene rings is 4. The van der Waals surface area contributed by atoms with E-state index in [1.165, 1.54) is 17.0 Å². The third-order valence-corrected chi connectivity index (χ3v) is 8.96. The van der Waals surface area contributed by atoms with Crippen LogP contribution in [0, 0.1) is 6.92 Å². The van der Waals surface area contributed by atoms with E-state index in [1.54, 1.807) is 62.6 Å². The van der Waals surface area contributed by atoms with Gasteiger partial charge < -0.3 is 15.0 Å². The number of amides is 2. The SMILES string of the molecule is COc1cccc(CN(C(=O)CN(c2ccccc2C)S(=O)(=O)c2ccccc2)[C@@H](Cc2ccccc2)C(=O)NC(C)C)c1. The van der Waals surface area contributed by atoms with Gasteiger partial charge in [-0.1, -0.05) is 78.9 Å². The first kappa shape index (κ1) is 32.3. The molecule has 0 saturated carbocycles. The van der Waals surface area contributed by atoms with Crippen molar-refractivity contribution in [3.63, 3.8) is 0 Å². The lowest BCUT2D eigenvalue weighted by molar-refractivity contribution is -0.140. The lowest BCUT2D eigenvalue weighted by atomic mass is 10.0. The summed E-state index contributed by atoms with van der Waals surface area (Å²) in [5, 5.41) is 2.97. The molecule has 0 unspecified atom stereocenters. The molecule has 0 spiro atoms. The highest BCUT2D eigenvalue weighted by atomic mass is 32.2. The van der Waals surface area contributed by atoms with E-state index in [9.17, 15) is 18.0 Å². The smallest absolute Gasteiger partial charge is 0.264 e. The van der Waals surface area contributed by atoms with Gasteiger partial charge >= 0.3 is 0 Å². The number of ether oxygens (including phenoxy) is 1. The number of sulfonamides is 1. The van der Waals surface area contributed by atoms with Crippen molar-refractivity contribution in [3.05, 3.63) is 126 Å². The molecule has 8 nitrogen and oxygen atoms in total. The molecule has 2 amide bonds. The van der Waals surface area contributed by atoms with Gasteiger partial charge in [0.15, 0.2) is 0 Å². The van der Waals surface area contributed by atoms with E-state index < -0.39 is 28.5 Å². The molecule has 0 bridgehead atoms. The van der Waals surface area contributed by atoms with Crippen molar-refractivity contribution in [2.75, 3.05) is 18.0 Å². The van der Waals surface area contributed by atoms with Crippen molar-refractivity contribution in [1.82, 2.24) is 10.2 Å². The van der Waals surface area contributed by atoms with Gasteiger partial charge in [-0.3, -0.25) is 13.9 Å². The molecule has 0 fully saturated rings. The zero-order valence-corrected chi connectivity index (χ0v) is 26.3. The number of para-hydroxylation sites is 1. The number of carbonyl (C=O) groups excluding carboxylic acids is 2. The molecule has 44 heavy (non-hydrogen) atoms. The van der Waals surface area contributed by atoms with Crippen molar-refractivity contribution >= 4 is 27.5 Å². The largest absolute Gasteiger partial charge is 0.497 e. The van der Waals surface area contributed by atoms with E-state index in [4.69, 9.17) is 4.74 Å². The van der Waals surface area contributed by atoms with Crippen LogP contribution >= 0.6 is 0 Å². The highest BCUT2D eigenvalue weighted by Crippen LogP contribution is 2.28. The Morgan fingerprint density at radius 2 is 1.43 bits per heavy atom. The molecule has 0 heterocycles. The average Bonchev–Trinajstić information content (AvgIpc) is 3.02. The zero-order chi connectivity index (χ0) is 31.7. The molecule has 4 aromatic carbocycles. The van der Waals surface area contributed by atoms with Gasteiger partial charge in [0.25, 0.3) is 10.0 Å². The molecule has 0 aromatic heterocycles. The molecule has 0 radical (unpaired) electrons. The van der Waals surface area contributed by atoms with E-state index in [1.807, 2.05) is 62.4 Å². The summed E-state index contributed by atoms with van der Waals surface area (Å²) in [6.45, 7) is 5.07. The number of carbonyl (C=O) groups is 2. The van der Waals surface area contributed by atoms with E-state index in [-0.39, 0.29) is 29.8 Å². The van der Waals surface area contributed by atoms with Crippen LogP contribution in [-0.4, -0.2) is 50.9 Å². The molecule has 0 aliphatic rings. The molecule has 1 atom stereocenters. The molecular weight excluding hydrogens is 574 g/mol. The first-order valence-electron chi connectivity index (χ1n) is 14.5. The second kappa shape index (κ2) is 14.7. The summed E-state index contributed by atoms with van der Waals surface area (Å²) in [6, 6.07) is 30.7. The Bertz CT molecular complexity index is 1660. The van der Waals surface area contributed by atoms with Crippen LogP contribution in [0.15, 0.2) is 114 Å². The Morgan fingerprint density at radius 3 is 2.07 bits per heavy atom. The number of hydrogen-bond acceptors (Lipinski definition) is 5. The fourth-order valence-electron chi connectivity index (χ4n) is 4.98. The predicted octanol–water partition coefficient (Wildman–Crippen LogP) is 5.36. The Hall–Kier alpha value is -4.63. The van der Waals surface area contributed by atoms with Gasteiger partial charge in [0, 0.05) is 19.0 Å². The van der Waals surface area contributed by atoms with Crippen LogP contribution in [0.2, 0.25) is 0 Å². The van der Waals surface area contributed by atoms with Gasteiger partial charge in [-0.25, -0.2) is 8.42 Å². The molecule has 4 rings (SSSR count). The summed E-state index contributed by atoms with van der Waals surface area (Å²) in [4.78, 5) is 29.8. The molecule has 9 heteroatoms. The zero-order valence-electron chi connectivity index (χ0n) is 25.5.